The van der Waals surface area contributed by atoms with Crippen molar-refractivity contribution in [1.29, 1.82) is 0 Å². The molecule has 1 aliphatic heterocycles. The van der Waals surface area contributed by atoms with Crippen LogP contribution in [0.5, 0.6) is 0 Å². The Balaban J connectivity index is 1.89. The number of nitrogens with zero attached hydrogens (tertiary/aromatic N) is 1. The molecule has 0 aliphatic carbocycles. The molecule has 0 bridgehead atoms. The van der Waals surface area contributed by atoms with E-state index in [1.165, 1.54) is 11.8 Å². The van der Waals surface area contributed by atoms with Gasteiger partial charge in [-0.3, -0.25) is 14.4 Å². The number of nitrogens with one attached hydrogen (secondary N) is 1. The summed E-state index contributed by atoms with van der Waals surface area (Å²) in [5.41, 5.74) is 1.42. The Morgan fingerprint density at radius 1 is 0.880 bits per heavy atom. The van der Waals surface area contributed by atoms with Gasteiger partial charge in [0.15, 0.2) is 0 Å². The van der Waals surface area contributed by atoms with E-state index in [4.69, 9.17) is 0 Å². The molecule has 1 N–H and O–H groups in total. The molecule has 3 aromatic rings. The molecule has 5 nitrogen and oxygen atoms in total. The Morgan fingerprint density at radius 3 is 2.40 bits per heavy atom. The van der Waals surface area contributed by atoms with Crippen LogP contribution >= 0.6 is 0 Å². The fourth-order valence-corrected chi connectivity index (χ4v) is 3.20. The topological polar surface area (TPSA) is 66.5 Å². The molecule has 122 valence electrons. The van der Waals surface area contributed by atoms with Crippen molar-refractivity contribution >= 4 is 39.9 Å². The van der Waals surface area contributed by atoms with E-state index in [-0.39, 0.29) is 17.4 Å². The molecule has 0 fully saturated rings. The second-order valence-corrected chi connectivity index (χ2v) is 5.85. The summed E-state index contributed by atoms with van der Waals surface area (Å²) in [6.07, 6.45) is 0. The molecular formula is C20H14N2O3. The number of anilines is 2. The number of hydrogen-bond donors (Lipinski definition) is 1. The average molecular weight is 330 g/mol. The number of imide groups is 1. The summed E-state index contributed by atoms with van der Waals surface area (Å²) >= 11 is 0. The molecule has 0 unspecified atom stereocenters. The molecule has 4 rings (SSSR count). The standard InChI is InChI=1S/C20H14N2O3/c1-12(23)21-16-10-5-9-15-18(16)20(25)22(19(15)24)17-11-4-7-13-6-2-3-8-14(13)17/h2-11H,1H3,(H,21,23). The summed E-state index contributed by atoms with van der Waals surface area (Å²) in [7, 11) is 0. The van der Waals surface area contributed by atoms with Crippen molar-refractivity contribution in [3.63, 3.8) is 0 Å². The number of carbonyl (C=O) groups is 3. The molecule has 3 aromatic carbocycles. The summed E-state index contributed by atoms with van der Waals surface area (Å²) < 4.78 is 0. The van der Waals surface area contributed by atoms with Crippen molar-refractivity contribution in [2.75, 3.05) is 10.2 Å². The van der Waals surface area contributed by atoms with Crippen LogP contribution in [0.1, 0.15) is 27.6 Å². The molecule has 1 heterocycles. The minimum Gasteiger partial charge on any atom is -0.326 e. The maximum atomic E-state index is 13.0. The zero-order valence-corrected chi connectivity index (χ0v) is 13.4. The highest BCUT2D eigenvalue weighted by Crippen LogP contribution is 2.36. The lowest BCUT2D eigenvalue weighted by atomic mass is 10.1. The Labute approximate surface area is 143 Å². The van der Waals surface area contributed by atoms with Gasteiger partial charge in [-0.15, -0.1) is 0 Å². The fraction of sp³-hybridized carbons (Fsp3) is 0.0500. The zero-order chi connectivity index (χ0) is 17.6. The lowest BCUT2D eigenvalue weighted by Gasteiger charge is -2.16. The molecule has 0 aromatic heterocycles. The molecule has 0 saturated heterocycles. The first-order valence-electron chi connectivity index (χ1n) is 7.85. The van der Waals surface area contributed by atoms with Gasteiger partial charge >= 0.3 is 0 Å². The van der Waals surface area contributed by atoms with Crippen LogP contribution in [-0.4, -0.2) is 17.7 Å². The molecular weight excluding hydrogens is 316 g/mol. The maximum Gasteiger partial charge on any atom is 0.268 e. The van der Waals surface area contributed by atoms with Gasteiger partial charge in [-0.1, -0.05) is 42.5 Å². The van der Waals surface area contributed by atoms with Crippen molar-refractivity contribution in [3.05, 3.63) is 71.8 Å². The smallest absolute Gasteiger partial charge is 0.268 e. The minimum atomic E-state index is -0.430. The first-order valence-corrected chi connectivity index (χ1v) is 7.85. The van der Waals surface area contributed by atoms with Crippen molar-refractivity contribution in [2.45, 2.75) is 6.92 Å². The number of hydrogen-bond acceptors (Lipinski definition) is 3. The molecule has 0 spiro atoms. The second kappa shape index (κ2) is 5.56. The van der Waals surface area contributed by atoms with Crippen molar-refractivity contribution < 1.29 is 14.4 Å². The van der Waals surface area contributed by atoms with Crippen LogP contribution in [0.2, 0.25) is 0 Å². The maximum absolute atomic E-state index is 13.0. The normalized spacial score (nSPS) is 13.2. The Kier molecular flexibility index (Phi) is 3.35. The number of carbonyl (C=O) groups excluding carboxylic acids is 3. The van der Waals surface area contributed by atoms with Crippen LogP contribution < -0.4 is 10.2 Å². The average Bonchev–Trinajstić information content (AvgIpc) is 2.86. The number of rotatable bonds is 2. The van der Waals surface area contributed by atoms with Gasteiger partial charge in [0, 0.05) is 12.3 Å². The van der Waals surface area contributed by atoms with Crippen LogP contribution in [0.4, 0.5) is 11.4 Å². The highest BCUT2D eigenvalue weighted by molar-refractivity contribution is 6.37. The Morgan fingerprint density at radius 2 is 1.60 bits per heavy atom. The highest BCUT2D eigenvalue weighted by atomic mass is 16.2. The highest BCUT2D eigenvalue weighted by Gasteiger charge is 2.39. The van der Waals surface area contributed by atoms with E-state index in [2.05, 4.69) is 5.32 Å². The summed E-state index contributed by atoms with van der Waals surface area (Å²) in [6, 6.07) is 18.0. The van der Waals surface area contributed by atoms with Crippen molar-refractivity contribution in [3.8, 4) is 0 Å². The SMILES string of the molecule is CC(=O)Nc1cccc2c1C(=O)N(c1cccc3ccccc13)C2=O. The van der Waals surface area contributed by atoms with Crippen LogP contribution in [-0.2, 0) is 4.79 Å². The summed E-state index contributed by atoms with van der Waals surface area (Å²) in [5.74, 6) is -1.11. The Hall–Kier alpha value is -3.47. The molecule has 3 amide bonds. The van der Waals surface area contributed by atoms with Crippen molar-refractivity contribution in [2.24, 2.45) is 0 Å². The quantitative estimate of drug-likeness (QED) is 0.730. The monoisotopic (exact) mass is 330 g/mol. The number of fused-ring (bicyclic) bond motifs is 2. The third-order valence-electron chi connectivity index (χ3n) is 4.23. The van der Waals surface area contributed by atoms with E-state index in [1.807, 2.05) is 36.4 Å². The first-order chi connectivity index (χ1) is 12.1. The van der Waals surface area contributed by atoms with Gasteiger partial charge in [0.25, 0.3) is 11.8 Å². The zero-order valence-electron chi connectivity index (χ0n) is 13.4. The van der Waals surface area contributed by atoms with E-state index in [9.17, 15) is 14.4 Å². The molecule has 0 atom stereocenters. The fourth-order valence-electron chi connectivity index (χ4n) is 3.20. The summed E-state index contributed by atoms with van der Waals surface area (Å²) in [4.78, 5) is 38.5. The number of amides is 3. The van der Waals surface area contributed by atoms with E-state index in [1.54, 1.807) is 24.3 Å². The Bertz CT molecular complexity index is 1050. The van der Waals surface area contributed by atoms with Crippen molar-refractivity contribution in [1.82, 2.24) is 0 Å². The lowest BCUT2D eigenvalue weighted by molar-refractivity contribution is -0.114. The molecule has 25 heavy (non-hydrogen) atoms. The first kappa shape index (κ1) is 15.1. The summed E-state index contributed by atoms with van der Waals surface area (Å²) in [5, 5.41) is 4.39. The van der Waals surface area contributed by atoms with Gasteiger partial charge in [0.1, 0.15) is 0 Å². The van der Waals surface area contributed by atoms with E-state index >= 15 is 0 Å². The number of benzene rings is 3. The van der Waals surface area contributed by atoms with E-state index < -0.39 is 5.91 Å². The van der Waals surface area contributed by atoms with Crippen LogP contribution in [0, 0.1) is 0 Å². The molecule has 0 saturated carbocycles. The molecule has 0 radical (unpaired) electrons. The predicted molar refractivity (Wildman–Crippen MR) is 95.8 cm³/mol. The third kappa shape index (κ3) is 2.29. The lowest BCUT2D eigenvalue weighted by Crippen LogP contribution is -2.29. The second-order valence-electron chi connectivity index (χ2n) is 5.85. The van der Waals surface area contributed by atoms with Gasteiger partial charge in [0.05, 0.1) is 22.5 Å². The summed E-state index contributed by atoms with van der Waals surface area (Å²) in [6.45, 7) is 1.36. The van der Waals surface area contributed by atoms with Crippen LogP contribution in [0.25, 0.3) is 10.8 Å². The van der Waals surface area contributed by atoms with Crippen LogP contribution in [0.15, 0.2) is 60.7 Å². The van der Waals surface area contributed by atoms with Gasteiger partial charge in [-0.2, -0.15) is 0 Å². The van der Waals surface area contributed by atoms with Gasteiger partial charge < -0.3 is 5.32 Å². The van der Waals surface area contributed by atoms with E-state index in [0.717, 1.165) is 10.8 Å². The van der Waals surface area contributed by atoms with Gasteiger partial charge in [-0.25, -0.2) is 4.90 Å². The molecule has 5 heteroatoms. The van der Waals surface area contributed by atoms with Crippen LogP contribution in [0.3, 0.4) is 0 Å². The van der Waals surface area contributed by atoms with E-state index in [0.29, 0.717) is 16.9 Å². The minimum absolute atomic E-state index is 0.232. The molecule has 1 aliphatic rings. The predicted octanol–water partition coefficient (Wildman–Crippen LogP) is 3.60. The largest absolute Gasteiger partial charge is 0.326 e. The third-order valence-corrected chi connectivity index (χ3v) is 4.23. The van der Waals surface area contributed by atoms with Gasteiger partial charge in [-0.05, 0) is 23.6 Å². The van der Waals surface area contributed by atoms with Gasteiger partial charge in [0.2, 0.25) is 5.91 Å².